The predicted octanol–water partition coefficient (Wildman–Crippen LogP) is 4.15. The van der Waals surface area contributed by atoms with Gasteiger partial charge in [0.2, 0.25) is 0 Å². The molecular formula is C25H26N2O3. The van der Waals surface area contributed by atoms with E-state index in [4.69, 9.17) is 0 Å². The molecule has 1 amide bonds. The molecule has 2 N–H and O–H groups in total. The summed E-state index contributed by atoms with van der Waals surface area (Å²) >= 11 is 0. The number of carbonyl (C=O) groups excluding carboxylic acids is 3. The number of Topliss-reactive ketones (excluding diaryl/α,β-unsaturated/α-hetero) is 2. The van der Waals surface area contributed by atoms with Crippen molar-refractivity contribution in [1.29, 1.82) is 0 Å². The molecule has 1 aliphatic carbocycles. The molecular weight excluding hydrogens is 376 g/mol. The van der Waals surface area contributed by atoms with Crippen LogP contribution in [0.15, 0.2) is 42.5 Å². The number of aromatic nitrogens is 1. The monoisotopic (exact) mass is 402 g/mol. The van der Waals surface area contributed by atoms with Gasteiger partial charge in [0.15, 0.2) is 5.78 Å². The lowest BCUT2D eigenvalue weighted by Crippen LogP contribution is -2.27. The van der Waals surface area contributed by atoms with Crippen molar-refractivity contribution in [3.8, 4) is 0 Å². The molecule has 1 heterocycles. The fourth-order valence-electron chi connectivity index (χ4n) is 4.70. The summed E-state index contributed by atoms with van der Waals surface area (Å²) in [6, 6.07) is 13.6. The summed E-state index contributed by atoms with van der Waals surface area (Å²) in [5.74, 6) is -1.24. The van der Waals surface area contributed by atoms with Gasteiger partial charge in [0, 0.05) is 29.8 Å². The number of nitrogens with one attached hydrogen (secondary N) is 2. The van der Waals surface area contributed by atoms with E-state index in [1.54, 1.807) is 0 Å². The van der Waals surface area contributed by atoms with E-state index in [2.05, 4.69) is 10.3 Å². The number of ketones is 2. The quantitative estimate of drug-likeness (QED) is 0.629. The average molecular weight is 402 g/mol. The zero-order valence-electron chi connectivity index (χ0n) is 17.5. The molecule has 0 saturated heterocycles. The highest BCUT2D eigenvalue weighted by Crippen LogP contribution is 2.37. The highest BCUT2D eigenvalue weighted by molar-refractivity contribution is 6.15. The molecule has 1 aromatic heterocycles. The predicted molar refractivity (Wildman–Crippen MR) is 117 cm³/mol. The first-order valence-corrected chi connectivity index (χ1v) is 10.4. The minimum absolute atomic E-state index is 0.0120. The molecule has 2 aromatic carbocycles. The summed E-state index contributed by atoms with van der Waals surface area (Å²) in [5.41, 5.74) is 5.38. The molecule has 2 unspecified atom stereocenters. The van der Waals surface area contributed by atoms with Crippen molar-refractivity contribution < 1.29 is 14.4 Å². The Morgan fingerprint density at radius 2 is 1.77 bits per heavy atom. The Hall–Kier alpha value is -3.21. The van der Waals surface area contributed by atoms with E-state index in [0.717, 1.165) is 33.2 Å². The van der Waals surface area contributed by atoms with E-state index >= 15 is 0 Å². The van der Waals surface area contributed by atoms with Crippen LogP contribution in [-0.2, 0) is 9.59 Å². The van der Waals surface area contributed by atoms with E-state index in [1.807, 2.05) is 63.2 Å². The number of H-pyrrole nitrogens is 1. The van der Waals surface area contributed by atoms with Gasteiger partial charge >= 0.3 is 0 Å². The molecule has 154 valence electrons. The van der Waals surface area contributed by atoms with Gasteiger partial charge in [-0.3, -0.25) is 14.4 Å². The van der Waals surface area contributed by atoms with Crippen molar-refractivity contribution in [2.24, 2.45) is 5.92 Å². The highest BCUT2D eigenvalue weighted by atomic mass is 16.2. The number of benzene rings is 2. The summed E-state index contributed by atoms with van der Waals surface area (Å²) in [7, 11) is 0. The Kier molecular flexibility index (Phi) is 5.29. The molecule has 5 heteroatoms. The number of hydrogen-bond acceptors (Lipinski definition) is 3. The molecule has 3 aromatic rings. The fourth-order valence-corrected chi connectivity index (χ4v) is 4.70. The third-order valence-electron chi connectivity index (χ3n) is 6.04. The molecule has 0 radical (unpaired) electrons. The van der Waals surface area contributed by atoms with Crippen molar-refractivity contribution in [1.82, 2.24) is 10.3 Å². The smallest absolute Gasteiger partial charge is 0.267 e. The first-order chi connectivity index (χ1) is 14.3. The zero-order chi connectivity index (χ0) is 21.4. The maximum atomic E-state index is 13.0. The Labute approximate surface area is 175 Å². The van der Waals surface area contributed by atoms with Crippen LogP contribution in [0.25, 0.3) is 10.9 Å². The first-order valence-electron chi connectivity index (χ1n) is 10.4. The third kappa shape index (κ3) is 3.67. The SMILES string of the molecule is Cc1cc(C)c(C2C(=O)CC(CCNC(=O)c3cc4ccccc4[nH]3)C2=O)c(C)c1. The van der Waals surface area contributed by atoms with Gasteiger partial charge in [0.05, 0.1) is 0 Å². The first kappa shape index (κ1) is 20.1. The van der Waals surface area contributed by atoms with Gasteiger partial charge < -0.3 is 10.3 Å². The summed E-state index contributed by atoms with van der Waals surface area (Å²) in [6.07, 6.45) is 0.718. The summed E-state index contributed by atoms with van der Waals surface area (Å²) < 4.78 is 0. The number of aromatic amines is 1. The molecule has 0 spiro atoms. The van der Waals surface area contributed by atoms with Crippen molar-refractivity contribution in [2.45, 2.75) is 39.5 Å². The lowest BCUT2D eigenvalue weighted by Gasteiger charge is -2.16. The van der Waals surface area contributed by atoms with E-state index in [9.17, 15) is 14.4 Å². The largest absolute Gasteiger partial charge is 0.351 e. The van der Waals surface area contributed by atoms with Crippen LogP contribution in [0.5, 0.6) is 0 Å². The molecule has 4 rings (SSSR count). The third-order valence-corrected chi connectivity index (χ3v) is 6.04. The number of hydrogen-bond donors (Lipinski definition) is 2. The van der Waals surface area contributed by atoms with Crippen LogP contribution < -0.4 is 5.32 Å². The molecule has 0 aliphatic heterocycles. The Morgan fingerprint density at radius 3 is 2.47 bits per heavy atom. The highest BCUT2D eigenvalue weighted by Gasteiger charge is 2.42. The number of para-hydroxylation sites is 1. The molecule has 0 bridgehead atoms. The average Bonchev–Trinajstić information content (AvgIpc) is 3.24. The second-order valence-electron chi connectivity index (χ2n) is 8.33. The standard InChI is InChI=1S/C25H26N2O3/c1-14-10-15(2)22(16(3)11-14)23-21(28)13-18(24(23)29)8-9-26-25(30)20-12-17-6-4-5-7-19(17)27-20/h4-7,10-12,18,23,27H,8-9,13H2,1-3H3,(H,26,30). The maximum absolute atomic E-state index is 13.0. The van der Waals surface area contributed by atoms with Crippen LogP contribution in [0, 0.1) is 26.7 Å². The summed E-state index contributed by atoms with van der Waals surface area (Å²) in [5, 5.41) is 3.85. The number of rotatable bonds is 5. The lowest BCUT2D eigenvalue weighted by atomic mass is 9.86. The van der Waals surface area contributed by atoms with E-state index in [-0.39, 0.29) is 29.8 Å². The van der Waals surface area contributed by atoms with Gasteiger partial charge in [-0.15, -0.1) is 0 Å². The minimum Gasteiger partial charge on any atom is -0.351 e. The normalized spacial score (nSPS) is 18.9. The van der Waals surface area contributed by atoms with Gasteiger partial charge in [-0.05, 0) is 56.0 Å². The van der Waals surface area contributed by atoms with Crippen LogP contribution in [-0.4, -0.2) is 29.0 Å². The topological polar surface area (TPSA) is 79.0 Å². The molecule has 30 heavy (non-hydrogen) atoms. The van der Waals surface area contributed by atoms with Crippen LogP contribution in [0.3, 0.4) is 0 Å². The van der Waals surface area contributed by atoms with Gasteiger partial charge in [0.25, 0.3) is 5.91 Å². The Balaban J connectivity index is 1.41. The second-order valence-corrected chi connectivity index (χ2v) is 8.33. The van der Waals surface area contributed by atoms with Crippen molar-refractivity contribution in [3.05, 3.63) is 70.4 Å². The summed E-state index contributed by atoms with van der Waals surface area (Å²) in [4.78, 5) is 41.3. The number of aryl methyl sites for hydroxylation is 3. The Morgan fingerprint density at radius 1 is 1.07 bits per heavy atom. The van der Waals surface area contributed by atoms with Gasteiger partial charge in [-0.2, -0.15) is 0 Å². The van der Waals surface area contributed by atoms with E-state index in [1.165, 1.54) is 0 Å². The van der Waals surface area contributed by atoms with Gasteiger partial charge in [-0.1, -0.05) is 35.9 Å². The van der Waals surface area contributed by atoms with E-state index in [0.29, 0.717) is 18.7 Å². The van der Waals surface area contributed by atoms with Crippen molar-refractivity contribution >= 4 is 28.4 Å². The van der Waals surface area contributed by atoms with Crippen molar-refractivity contribution in [2.75, 3.05) is 6.54 Å². The maximum Gasteiger partial charge on any atom is 0.267 e. The van der Waals surface area contributed by atoms with Crippen LogP contribution in [0.4, 0.5) is 0 Å². The number of carbonyl (C=O) groups is 3. The number of amides is 1. The van der Waals surface area contributed by atoms with Gasteiger partial charge in [-0.25, -0.2) is 0 Å². The van der Waals surface area contributed by atoms with Gasteiger partial charge in [0.1, 0.15) is 17.4 Å². The molecule has 5 nitrogen and oxygen atoms in total. The lowest BCUT2D eigenvalue weighted by molar-refractivity contribution is -0.124. The Bertz CT molecular complexity index is 1100. The fraction of sp³-hybridized carbons (Fsp3) is 0.320. The van der Waals surface area contributed by atoms with Crippen LogP contribution in [0.2, 0.25) is 0 Å². The zero-order valence-corrected chi connectivity index (χ0v) is 17.5. The second kappa shape index (κ2) is 7.90. The molecule has 2 atom stereocenters. The minimum atomic E-state index is -0.667. The molecule has 1 aliphatic rings. The summed E-state index contributed by atoms with van der Waals surface area (Å²) in [6.45, 7) is 6.30. The number of fused-ring (bicyclic) bond motifs is 1. The van der Waals surface area contributed by atoms with Crippen LogP contribution in [0.1, 0.15) is 51.5 Å². The molecule has 1 fully saturated rings. The van der Waals surface area contributed by atoms with E-state index < -0.39 is 5.92 Å². The molecule has 1 saturated carbocycles. The van der Waals surface area contributed by atoms with Crippen LogP contribution >= 0.6 is 0 Å². The van der Waals surface area contributed by atoms with Crippen molar-refractivity contribution in [3.63, 3.8) is 0 Å².